The second-order valence-electron chi connectivity index (χ2n) is 5.99. The molecule has 6 nitrogen and oxygen atoms in total. The number of aromatic nitrogens is 3. The minimum Gasteiger partial charge on any atom is -0.393 e. The Morgan fingerprint density at radius 3 is 2.78 bits per heavy atom. The monoisotopic (exact) mass is 333 g/mol. The average molecular weight is 333 g/mol. The first-order valence-electron chi connectivity index (χ1n) is 7.98. The molecule has 0 unspecified atom stereocenters. The summed E-state index contributed by atoms with van der Waals surface area (Å²) in [5, 5.41) is 9.63. The van der Waals surface area contributed by atoms with Crippen molar-refractivity contribution >= 4 is 23.0 Å². The number of anilines is 2. The molecule has 0 aliphatic carbocycles. The highest BCUT2D eigenvalue weighted by Gasteiger charge is 2.19. The van der Waals surface area contributed by atoms with Crippen molar-refractivity contribution in [1.82, 2.24) is 15.0 Å². The summed E-state index contributed by atoms with van der Waals surface area (Å²) in [6.07, 6.45) is 4.05. The van der Waals surface area contributed by atoms with E-state index in [0.717, 1.165) is 56.2 Å². The number of hydrogen-bond donors (Lipinski definition) is 1. The maximum Gasteiger partial charge on any atom is 0.134 e. The lowest BCUT2D eigenvalue weighted by Gasteiger charge is -2.31. The van der Waals surface area contributed by atoms with E-state index in [1.54, 1.807) is 17.7 Å². The number of aryl methyl sites for hydroxylation is 1. The molecule has 23 heavy (non-hydrogen) atoms. The van der Waals surface area contributed by atoms with Gasteiger partial charge in [0.05, 0.1) is 17.3 Å². The number of aliphatic hydroxyl groups is 1. The van der Waals surface area contributed by atoms with Crippen LogP contribution in [0.3, 0.4) is 0 Å². The van der Waals surface area contributed by atoms with Crippen LogP contribution in [-0.4, -0.2) is 52.8 Å². The van der Waals surface area contributed by atoms with E-state index < -0.39 is 0 Å². The molecule has 0 radical (unpaired) electrons. The maximum atomic E-state index is 9.63. The Labute approximate surface area is 140 Å². The van der Waals surface area contributed by atoms with Crippen LogP contribution < -0.4 is 9.80 Å². The first kappa shape index (κ1) is 16.1. The summed E-state index contributed by atoms with van der Waals surface area (Å²) >= 11 is 1.71. The molecule has 0 spiro atoms. The van der Waals surface area contributed by atoms with Crippen molar-refractivity contribution in [2.24, 2.45) is 0 Å². The van der Waals surface area contributed by atoms with Gasteiger partial charge in [-0.1, -0.05) is 0 Å². The lowest BCUT2D eigenvalue weighted by molar-refractivity contribution is 0.145. The second kappa shape index (κ2) is 7.23. The molecule has 2 aromatic heterocycles. The Morgan fingerprint density at radius 1 is 1.30 bits per heavy atom. The first-order chi connectivity index (χ1) is 11.1. The minimum atomic E-state index is -0.169. The fourth-order valence-electron chi connectivity index (χ4n) is 2.76. The number of likely N-dealkylation sites (N-methyl/N-ethyl adjacent to an activating group) is 1. The van der Waals surface area contributed by atoms with E-state index in [9.17, 15) is 5.11 Å². The van der Waals surface area contributed by atoms with Gasteiger partial charge in [-0.2, -0.15) is 0 Å². The first-order valence-corrected chi connectivity index (χ1v) is 8.86. The van der Waals surface area contributed by atoms with Crippen LogP contribution >= 0.6 is 11.3 Å². The van der Waals surface area contributed by atoms with E-state index in [0.29, 0.717) is 0 Å². The zero-order valence-electron chi connectivity index (χ0n) is 13.6. The van der Waals surface area contributed by atoms with Crippen molar-refractivity contribution < 1.29 is 5.11 Å². The highest BCUT2D eigenvalue weighted by Crippen LogP contribution is 2.21. The smallest absolute Gasteiger partial charge is 0.134 e. The summed E-state index contributed by atoms with van der Waals surface area (Å²) < 4.78 is 0. The van der Waals surface area contributed by atoms with Crippen molar-refractivity contribution in [1.29, 1.82) is 0 Å². The van der Waals surface area contributed by atoms with Gasteiger partial charge in [0.1, 0.15) is 18.0 Å². The van der Waals surface area contributed by atoms with Gasteiger partial charge in [0.15, 0.2) is 0 Å². The van der Waals surface area contributed by atoms with Gasteiger partial charge in [-0.05, 0) is 19.8 Å². The Hall–Kier alpha value is -1.73. The molecule has 0 bridgehead atoms. The SMILES string of the molecule is Cc1ncsc1CCN(C)c1cc(N2CCC(O)CC2)ncn1. The zero-order valence-corrected chi connectivity index (χ0v) is 14.5. The summed E-state index contributed by atoms with van der Waals surface area (Å²) in [5.41, 5.74) is 3.02. The van der Waals surface area contributed by atoms with Gasteiger partial charge < -0.3 is 14.9 Å². The predicted molar refractivity (Wildman–Crippen MR) is 93.3 cm³/mol. The summed E-state index contributed by atoms with van der Waals surface area (Å²) in [7, 11) is 2.06. The normalized spacial score (nSPS) is 15.9. The predicted octanol–water partition coefficient (Wildman–Crippen LogP) is 1.88. The summed E-state index contributed by atoms with van der Waals surface area (Å²) in [5.74, 6) is 1.88. The molecular weight excluding hydrogens is 310 g/mol. The Balaban J connectivity index is 1.63. The number of nitrogens with zero attached hydrogens (tertiary/aromatic N) is 5. The van der Waals surface area contributed by atoms with Crippen molar-refractivity contribution in [3.63, 3.8) is 0 Å². The van der Waals surface area contributed by atoms with Gasteiger partial charge in [0, 0.05) is 44.0 Å². The quantitative estimate of drug-likeness (QED) is 0.901. The third-order valence-corrected chi connectivity index (χ3v) is 5.33. The van der Waals surface area contributed by atoms with E-state index in [2.05, 4.69) is 38.7 Å². The van der Waals surface area contributed by atoms with Crippen LogP contribution in [0, 0.1) is 6.92 Å². The molecule has 2 aromatic rings. The lowest BCUT2D eigenvalue weighted by Crippen LogP contribution is -2.36. The van der Waals surface area contributed by atoms with Crippen molar-refractivity contribution in [2.75, 3.05) is 36.5 Å². The van der Waals surface area contributed by atoms with Crippen LogP contribution in [0.5, 0.6) is 0 Å². The van der Waals surface area contributed by atoms with Gasteiger partial charge >= 0.3 is 0 Å². The fraction of sp³-hybridized carbons (Fsp3) is 0.562. The third kappa shape index (κ3) is 3.97. The Morgan fingerprint density at radius 2 is 2.09 bits per heavy atom. The average Bonchev–Trinajstić information content (AvgIpc) is 2.98. The van der Waals surface area contributed by atoms with Crippen molar-refractivity contribution in [3.05, 3.63) is 28.5 Å². The van der Waals surface area contributed by atoms with Crippen LogP contribution in [0.15, 0.2) is 17.9 Å². The summed E-state index contributed by atoms with van der Waals surface area (Å²) in [6.45, 7) is 4.65. The fourth-order valence-corrected chi connectivity index (χ4v) is 3.53. The minimum absolute atomic E-state index is 0.169. The molecule has 1 fully saturated rings. The molecular formula is C16H23N5OS. The van der Waals surface area contributed by atoms with Gasteiger partial charge in [0.2, 0.25) is 0 Å². The van der Waals surface area contributed by atoms with Crippen LogP contribution in [0.4, 0.5) is 11.6 Å². The van der Waals surface area contributed by atoms with E-state index >= 15 is 0 Å². The van der Waals surface area contributed by atoms with Crippen molar-refractivity contribution in [2.45, 2.75) is 32.3 Å². The molecule has 3 heterocycles. The molecule has 7 heteroatoms. The number of piperidine rings is 1. The highest BCUT2D eigenvalue weighted by molar-refractivity contribution is 7.09. The Kier molecular flexibility index (Phi) is 5.07. The standard InChI is InChI=1S/C16H23N5OS/c1-12-14(23-11-19-12)5-6-20(2)15-9-16(18-10-17-15)21-7-3-13(22)4-8-21/h9-11,13,22H,3-8H2,1-2H3. The highest BCUT2D eigenvalue weighted by atomic mass is 32.1. The van der Waals surface area contributed by atoms with E-state index in [1.165, 1.54) is 4.88 Å². The molecule has 124 valence electrons. The van der Waals surface area contributed by atoms with Gasteiger partial charge in [-0.15, -0.1) is 11.3 Å². The number of aliphatic hydroxyl groups excluding tert-OH is 1. The molecule has 0 saturated carbocycles. The van der Waals surface area contributed by atoms with E-state index in [1.807, 2.05) is 11.6 Å². The van der Waals surface area contributed by atoms with Crippen LogP contribution in [-0.2, 0) is 6.42 Å². The maximum absolute atomic E-state index is 9.63. The molecule has 0 atom stereocenters. The van der Waals surface area contributed by atoms with E-state index in [-0.39, 0.29) is 6.10 Å². The molecule has 1 N–H and O–H groups in total. The van der Waals surface area contributed by atoms with E-state index in [4.69, 9.17) is 0 Å². The molecule has 3 rings (SSSR count). The molecule has 1 aliphatic rings. The third-order valence-electron chi connectivity index (χ3n) is 4.34. The zero-order chi connectivity index (χ0) is 16.2. The number of rotatable bonds is 5. The second-order valence-corrected chi connectivity index (χ2v) is 6.92. The summed E-state index contributed by atoms with van der Waals surface area (Å²) in [6, 6.07) is 2.04. The molecule has 1 aliphatic heterocycles. The van der Waals surface area contributed by atoms with Crippen LogP contribution in [0.1, 0.15) is 23.4 Å². The molecule has 0 amide bonds. The van der Waals surface area contributed by atoms with Gasteiger partial charge in [-0.25, -0.2) is 15.0 Å². The number of hydrogen-bond acceptors (Lipinski definition) is 7. The summed E-state index contributed by atoms with van der Waals surface area (Å²) in [4.78, 5) is 18.8. The van der Waals surface area contributed by atoms with Crippen LogP contribution in [0.25, 0.3) is 0 Å². The Bertz CT molecular complexity index is 639. The lowest BCUT2D eigenvalue weighted by atomic mass is 10.1. The number of thiazole rings is 1. The van der Waals surface area contributed by atoms with Gasteiger partial charge in [0.25, 0.3) is 0 Å². The largest absolute Gasteiger partial charge is 0.393 e. The van der Waals surface area contributed by atoms with Crippen molar-refractivity contribution in [3.8, 4) is 0 Å². The molecule has 0 aromatic carbocycles. The topological polar surface area (TPSA) is 65.4 Å². The van der Waals surface area contributed by atoms with Gasteiger partial charge in [-0.3, -0.25) is 0 Å². The van der Waals surface area contributed by atoms with Crippen LogP contribution in [0.2, 0.25) is 0 Å². The molecule has 1 saturated heterocycles.